The monoisotopic (exact) mass is 263 g/mol. The molecule has 0 atom stereocenters. The summed E-state index contributed by atoms with van der Waals surface area (Å²) in [5, 5.41) is 9.18. The van der Waals surface area contributed by atoms with Gasteiger partial charge in [0.15, 0.2) is 0 Å². The molecule has 88 valence electrons. The lowest BCUT2D eigenvalue weighted by Gasteiger charge is -2.07. The van der Waals surface area contributed by atoms with Crippen molar-refractivity contribution in [3.8, 4) is 11.8 Å². The van der Waals surface area contributed by atoms with E-state index in [4.69, 9.17) is 4.74 Å². The van der Waals surface area contributed by atoms with Gasteiger partial charge < -0.3 is 4.74 Å². The van der Waals surface area contributed by atoms with Crippen molar-refractivity contribution in [1.29, 1.82) is 5.26 Å². The SMILES string of the molecule is COc1ccc(C2=C(C#N)SCCCS2)cc1. The highest BCUT2D eigenvalue weighted by Gasteiger charge is 2.14. The fraction of sp³-hybridized carbons (Fsp3) is 0.308. The zero-order valence-corrected chi connectivity index (χ0v) is 11.2. The van der Waals surface area contributed by atoms with Gasteiger partial charge in [0.25, 0.3) is 0 Å². The molecule has 1 aromatic carbocycles. The van der Waals surface area contributed by atoms with E-state index in [1.54, 1.807) is 30.6 Å². The number of methoxy groups -OCH3 is 1. The van der Waals surface area contributed by atoms with E-state index in [0.29, 0.717) is 0 Å². The molecule has 1 aromatic rings. The summed E-state index contributed by atoms with van der Waals surface area (Å²) >= 11 is 3.44. The number of nitriles is 1. The van der Waals surface area contributed by atoms with Gasteiger partial charge in [-0.2, -0.15) is 5.26 Å². The Morgan fingerprint density at radius 3 is 2.53 bits per heavy atom. The Morgan fingerprint density at radius 2 is 1.88 bits per heavy atom. The highest BCUT2D eigenvalue weighted by molar-refractivity contribution is 8.11. The molecule has 0 N–H and O–H groups in total. The molecule has 1 aliphatic heterocycles. The quantitative estimate of drug-likeness (QED) is 0.813. The summed E-state index contributed by atoms with van der Waals surface area (Å²) in [6.45, 7) is 0. The van der Waals surface area contributed by atoms with E-state index in [0.717, 1.165) is 39.0 Å². The third-order valence-corrected chi connectivity index (χ3v) is 4.87. The molecule has 4 heteroatoms. The predicted molar refractivity (Wildman–Crippen MR) is 75.1 cm³/mol. The lowest BCUT2D eigenvalue weighted by atomic mass is 10.2. The highest BCUT2D eigenvalue weighted by Crippen LogP contribution is 2.39. The van der Waals surface area contributed by atoms with E-state index in [9.17, 15) is 5.26 Å². The molecule has 0 bridgehead atoms. The van der Waals surface area contributed by atoms with Crippen molar-refractivity contribution in [1.82, 2.24) is 0 Å². The molecule has 0 fully saturated rings. The molecule has 0 aromatic heterocycles. The molecule has 0 saturated heterocycles. The standard InChI is InChI=1S/C13H13NOS2/c1-15-11-5-3-10(4-6-11)13-12(9-14)16-7-2-8-17-13/h3-6H,2,7-8H2,1H3. The van der Waals surface area contributed by atoms with Crippen molar-refractivity contribution >= 4 is 28.4 Å². The Hall–Kier alpha value is -1.05. The van der Waals surface area contributed by atoms with E-state index in [2.05, 4.69) is 6.07 Å². The van der Waals surface area contributed by atoms with Crippen molar-refractivity contribution in [2.75, 3.05) is 18.6 Å². The van der Waals surface area contributed by atoms with Gasteiger partial charge in [0.2, 0.25) is 0 Å². The zero-order valence-electron chi connectivity index (χ0n) is 9.60. The Balaban J connectivity index is 2.35. The van der Waals surface area contributed by atoms with E-state index in [-0.39, 0.29) is 0 Å². The van der Waals surface area contributed by atoms with Crippen LogP contribution in [-0.2, 0) is 0 Å². The van der Waals surface area contributed by atoms with Gasteiger partial charge in [0.05, 0.1) is 12.0 Å². The number of hydrogen-bond donors (Lipinski definition) is 0. The third kappa shape index (κ3) is 2.99. The molecular formula is C13H13NOS2. The van der Waals surface area contributed by atoms with Gasteiger partial charge in [-0.05, 0) is 35.6 Å². The fourth-order valence-electron chi connectivity index (χ4n) is 1.58. The Bertz CT molecular complexity index is 459. The van der Waals surface area contributed by atoms with E-state index < -0.39 is 0 Å². The Labute approximate surface area is 110 Å². The fourth-order valence-corrected chi connectivity index (χ4v) is 3.89. The van der Waals surface area contributed by atoms with Crippen molar-refractivity contribution in [3.63, 3.8) is 0 Å². The molecule has 0 amide bonds. The smallest absolute Gasteiger partial charge is 0.118 e. The first-order valence-electron chi connectivity index (χ1n) is 5.39. The highest BCUT2D eigenvalue weighted by atomic mass is 32.2. The van der Waals surface area contributed by atoms with Gasteiger partial charge in [-0.25, -0.2) is 0 Å². The van der Waals surface area contributed by atoms with Crippen LogP contribution in [0.4, 0.5) is 0 Å². The summed E-state index contributed by atoms with van der Waals surface area (Å²) in [5.74, 6) is 2.97. The Kier molecular flexibility index (Phi) is 4.41. The second kappa shape index (κ2) is 6.04. The van der Waals surface area contributed by atoms with Crippen LogP contribution in [0.5, 0.6) is 5.75 Å². The lowest BCUT2D eigenvalue weighted by Crippen LogP contribution is -1.86. The van der Waals surface area contributed by atoms with Crippen molar-refractivity contribution in [3.05, 3.63) is 34.7 Å². The minimum Gasteiger partial charge on any atom is -0.497 e. The van der Waals surface area contributed by atoms with Crippen LogP contribution in [0, 0.1) is 11.3 Å². The van der Waals surface area contributed by atoms with Crippen LogP contribution in [0.3, 0.4) is 0 Å². The Morgan fingerprint density at radius 1 is 1.18 bits per heavy atom. The van der Waals surface area contributed by atoms with E-state index in [1.165, 1.54) is 0 Å². The summed E-state index contributed by atoms with van der Waals surface area (Å²) in [6, 6.07) is 10.2. The topological polar surface area (TPSA) is 33.0 Å². The van der Waals surface area contributed by atoms with Crippen LogP contribution in [0.15, 0.2) is 29.2 Å². The van der Waals surface area contributed by atoms with Crippen LogP contribution in [0.2, 0.25) is 0 Å². The van der Waals surface area contributed by atoms with Gasteiger partial charge in [-0.1, -0.05) is 12.1 Å². The number of hydrogen-bond acceptors (Lipinski definition) is 4. The molecule has 0 spiro atoms. The molecule has 1 aliphatic rings. The molecule has 0 unspecified atom stereocenters. The summed E-state index contributed by atoms with van der Waals surface area (Å²) in [4.78, 5) is 1.95. The molecule has 2 rings (SSSR count). The molecular weight excluding hydrogens is 250 g/mol. The minimum atomic E-state index is 0.845. The van der Waals surface area contributed by atoms with Crippen LogP contribution < -0.4 is 4.74 Å². The minimum absolute atomic E-state index is 0.845. The number of rotatable bonds is 2. The molecule has 0 saturated carbocycles. The molecule has 0 radical (unpaired) electrons. The molecule has 17 heavy (non-hydrogen) atoms. The predicted octanol–water partition coefficient (Wildman–Crippen LogP) is 3.76. The average Bonchev–Trinajstić information content (AvgIpc) is 2.64. The zero-order chi connectivity index (χ0) is 12.1. The first-order valence-corrected chi connectivity index (χ1v) is 7.36. The van der Waals surface area contributed by atoms with Gasteiger partial charge in [0, 0.05) is 4.91 Å². The average molecular weight is 263 g/mol. The lowest BCUT2D eigenvalue weighted by molar-refractivity contribution is 0.415. The van der Waals surface area contributed by atoms with Gasteiger partial charge in [-0.3, -0.25) is 0 Å². The van der Waals surface area contributed by atoms with E-state index >= 15 is 0 Å². The number of nitrogens with zero attached hydrogens (tertiary/aromatic N) is 1. The molecule has 2 nitrogen and oxygen atoms in total. The summed E-state index contributed by atoms with van der Waals surface area (Å²) in [7, 11) is 1.66. The van der Waals surface area contributed by atoms with Crippen molar-refractivity contribution in [2.24, 2.45) is 0 Å². The van der Waals surface area contributed by atoms with Gasteiger partial charge in [-0.15, -0.1) is 23.5 Å². The van der Waals surface area contributed by atoms with Crippen LogP contribution >= 0.6 is 23.5 Å². The maximum Gasteiger partial charge on any atom is 0.118 e. The van der Waals surface area contributed by atoms with E-state index in [1.807, 2.05) is 24.3 Å². The van der Waals surface area contributed by atoms with Crippen LogP contribution in [0.1, 0.15) is 12.0 Å². The maximum atomic E-state index is 9.18. The number of benzene rings is 1. The van der Waals surface area contributed by atoms with Gasteiger partial charge in [0.1, 0.15) is 11.8 Å². The summed E-state index contributed by atoms with van der Waals surface area (Å²) < 4.78 is 5.14. The van der Waals surface area contributed by atoms with Crippen molar-refractivity contribution < 1.29 is 4.74 Å². The molecule has 0 aliphatic carbocycles. The van der Waals surface area contributed by atoms with Crippen molar-refractivity contribution in [2.45, 2.75) is 6.42 Å². The first-order chi connectivity index (χ1) is 8.35. The van der Waals surface area contributed by atoms with Crippen LogP contribution in [-0.4, -0.2) is 18.6 Å². The first kappa shape index (κ1) is 12.4. The summed E-state index contributed by atoms with van der Waals surface area (Å²) in [5.41, 5.74) is 1.11. The molecule has 1 heterocycles. The number of ether oxygens (including phenoxy) is 1. The maximum absolute atomic E-state index is 9.18. The summed E-state index contributed by atoms with van der Waals surface area (Å²) in [6.07, 6.45) is 1.15. The number of thioether (sulfide) groups is 2. The second-order valence-corrected chi connectivity index (χ2v) is 5.76. The largest absolute Gasteiger partial charge is 0.497 e. The third-order valence-electron chi connectivity index (χ3n) is 2.44. The number of allylic oxidation sites excluding steroid dienone is 1. The second-order valence-electron chi connectivity index (χ2n) is 3.55. The van der Waals surface area contributed by atoms with Gasteiger partial charge >= 0.3 is 0 Å². The van der Waals surface area contributed by atoms with Crippen LogP contribution in [0.25, 0.3) is 4.91 Å². The normalized spacial score (nSPS) is 16.2.